The van der Waals surface area contributed by atoms with E-state index in [4.69, 9.17) is 0 Å². The van der Waals surface area contributed by atoms with E-state index in [9.17, 15) is 4.79 Å². The van der Waals surface area contributed by atoms with Crippen molar-refractivity contribution in [1.29, 1.82) is 0 Å². The molecule has 0 aliphatic heterocycles. The molecule has 1 N–H and O–H groups in total. The van der Waals surface area contributed by atoms with Gasteiger partial charge in [0.05, 0.1) is 0 Å². The summed E-state index contributed by atoms with van der Waals surface area (Å²) >= 11 is 0. The van der Waals surface area contributed by atoms with Crippen LogP contribution in [0.25, 0.3) is 0 Å². The highest BCUT2D eigenvalue weighted by Gasteiger charge is 2.05. The molecule has 0 aliphatic carbocycles. The molecule has 1 rings (SSSR count). The maximum atomic E-state index is 12.2. The summed E-state index contributed by atoms with van der Waals surface area (Å²) in [6.45, 7) is 6.55. The van der Waals surface area contributed by atoms with Crippen molar-refractivity contribution >= 4 is 5.91 Å². The van der Waals surface area contributed by atoms with Crippen LogP contribution in [0.2, 0.25) is 0 Å². The van der Waals surface area contributed by atoms with E-state index in [1.54, 1.807) is 12.3 Å². The summed E-state index contributed by atoms with van der Waals surface area (Å²) in [7, 11) is 0. The van der Waals surface area contributed by atoms with Gasteiger partial charge in [-0.05, 0) is 63.5 Å². The molecule has 0 saturated carbocycles. The minimum atomic E-state index is 0.00611. The van der Waals surface area contributed by atoms with Crippen LogP contribution in [0.5, 0.6) is 0 Å². The van der Waals surface area contributed by atoms with Crippen LogP contribution in [0.15, 0.2) is 48.3 Å². The molecular weight excluding hydrogens is 344 g/mol. The topological polar surface area (TPSA) is 42.0 Å². The molecule has 1 atom stereocenters. The van der Waals surface area contributed by atoms with Crippen molar-refractivity contribution < 1.29 is 4.79 Å². The molecule has 0 radical (unpaired) electrons. The third-order valence-corrected chi connectivity index (χ3v) is 5.00. The summed E-state index contributed by atoms with van der Waals surface area (Å²) < 4.78 is 0. The number of rotatable bonds is 15. The van der Waals surface area contributed by atoms with Gasteiger partial charge in [-0.1, -0.05) is 63.3 Å². The summed E-state index contributed by atoms with van der Waals surface area (Å²) in [5.41, 5.74) is 2.74. The summed E-state index contributed by atoms with van der Waals surface area (Å²) in [5.74, 6) is 0.00611. The quantitative estimate of drug-likeness (QED) is 0.211. The molecule has 1 heterocycles. The number of hydrogen-bond donors (Lipinski definition) is 1. The standard InChI is InChI=1S/C25H40N2O/c1-4-6-8-14-23(15-9-7-5-2)16-11-19-25(28)27-22(3)13-10-17-24-18-12-20-26-21-24/h11-12,16,18-22H,4-10,13-15,17H2,1-3H3,(H,27,28)/t22-/m1/s1. The Morgan fingerprint density at radius 1 is 1.11 bits per heavy atom. The summed E-state index contributed by atoms with van der Waals surface area (Å²) in [5, 5.41) is 3.07. The first-order valence-corrected chi connectivity index (χ1v) is 11.2. The van der Waals surface area contributed by atoms with Crippen molar-refractivity contribution in [3.63, 3.8) is 0 Å². The van der Waals surface area contributed by atoms with Crippen molar-refractivity contribution in [2.75, 3.05) is 0 Å². The fourth-order valence-electron chi connectivity index (χ4n) is 3.29. The monoisotopic (exact) mass is 384 g/mol. The Bertz CT molecular complexity index is 565. The number of carbonyl (C=O) groups is 1. The number of hydrogen-bond acceptors (Lipinski definition) is 2. The molecule has 3 heteroatoms. The van der Waals surface area contributed by atoms with Crippen molar-refractivity contribution in [1.82, 2.24) is 10.3 Å². The Morgan fingerprint density at radius 2 is 1.82 bits per heavy atom. The van der Waals surface area contributed by atoms with Gasteiger partial charge in [-0.25, -0.2) is 0 Å². The van der Waals surface area contributed by atoms with Gasteiger partial charge in [0, 0.05) is 24.5 Å². The molecule has 28 heavy (non-hydrogen) atoms. The molecule has 0 fully saturated rings. The molecule has 3 nitrogen and oxygen atoms in total. The highest BCUT2D eigenvalue weighted by atomic mass is 16.1. The smallest absolute Gasteiger partial charge is 0.244 e. The number of aryl methyl sites for hydroxylation is 1. The van der Waals surface area contributed by atoms with E-state index in [1.807, 2.05) is 18.3 Å². The number of nitrogens with zero attached hydrogens (tertiary/aromatic N) is 1. The molecule has 0 aliphatic rings. The second kappa shape index (κ2) is 16.1. The normalized spacial score (nSPS) is 12.1. The van der Waals surface area contributed by atoms with E-state index in [-0.39, 0.29) is 11.9 Å². The van der Waals surface area contributed by atoms with Crippen molar-refractivity contribution in [3.8, 4) is 0 Å². The fraction of sp³-hybridized carbons (Fsp3) is 0.600. The van der Waals surface area contributed by atoms with Crippen molar-refractivity contribution in [2.24, 2.45) is 0 Å². The van der Waals surface area contributed by atoms with E-state index >= 15 is 0 Å². The van der Waals surface area contributed by atoms with E-state index in [0.717, 1.165) is 32.1 Å². The molecule has 156 valence electrons. The first-order chi connectivity index (χ1) is 13.7. The summed E-state index contributed by atoms with van der Waals surface area (Å²) in [6, 6.07) is 4.26. The highest BCUT2D eigenvalue weighted by Crippen LogP contribution is 2.16. The van der Waals surface area contributed by atoms with Crippen LogP contribution in [0.4, 0.5) is 0 Å². The second-order valence-corrected chi connectivity index (χ2v) is 7.76. The first kappa shape index (κ1) is 24.1. The van der Waals surface area contributed by atoms with Gasteiger partial charge in [0.2, 0.25) is 5.91 Å². The zero-order valence-corrected chi connectivity index (χ0v) is 18.3. The van der Waals surface area contributed by atoms with Gasteiger partial charge >= 0.3 is 0 Å². The maximum absolute atomic E-state index is 12.2. The van der Waals surface area contributed by atoms with Crippen LogP contribution in [0.3, 0.4) is 0 Å². The minimum absolute atomic E-state index is 0.00611. The molecule has 0 unspecified atom stereocenters. The Labute approximate surface area is 172 Å². The average Bonchev–Trinajstić information content (AvgIpc) is 2.68. The molecule has 1 amide bonds. The maximum Gasteiger partial charge on any atom is 0.244 e. The lowest BCUT2D eigenvalue weighted by atomic mass is 10.0. The molecule has 0 spiro atoms. The second-order valence-electron chi connectivity index (χ2n) is 7.76. The lowest BCUT2D eigenvalue weighted by Crippen LogP contribution is -2.31. The molecule has 0 aromatic carbocycles. The van der Waals surface area contributed by atoms with Crippen LogP contribution < -0.4 is 5.32 Å². The molecule has 1 aromatic rings. The highest BCUT2D eigenvalue weighted by molar-refractivity contribution is 5.87. The minimum Gasteiger partial charge on any atom is -0.350 e. The first-order valence-electron chi connectivity index (χ1n) is 11.2. The zero-order chi connectivity index (χ0) is 20.5. The predicted octanol–water partition coefficient (Wildman–Crippen LogP) is 6.55. The number of allylic oxidation sites excluding steroid dienone is 3. The lowest BCUT2D eigenvalue weighted by Gasteiger charge is -2.12. The fourth-order valence-corrected chi connectivity index (χ4v) is 3.29. The third kappa shape index (κ3) is 12.5. The largest absolute Gasteiger partial charge is 0.350 e. The average molecular weight is 385 g/mol. The van der Waals surface area contributed by atoms with Gasteiger partial charge in [0.15, 0.2) is 0 Å². The Morgan fingerprint density at radius 3 is 2.43 bits per heavy atom. The number of aromatic nitrogens is 1. The zero-order valence-electron chi connectivity index (χ0n) is 18.3. The Kier molecular flexibility index (Phi) is 13.9. The summed E-state index contributed by atoms with van der Waals surface area (Å²) in [4.78, 5) is 16.3. The van der Waals surface area contributed by atoms with Crippen molar-refractivity contribution in [3.05, 3.63) is 53.9 Å². The van der Waals surface area contributed by atoms with Crippen molar-refractivity contribution in [2.45, 2.75) is 97.4 Å². The van der Waals surface area contributed by atoms with Crippen LogP contribution in [0, 0.1) is 0 Å². The molecule has 0 saturated heterocycles. The van der Waals surface area contributed by atoms with Crippen LogP contribution in [0.1, 0.15) is 90.5 Å². The third-order valence-electron chi connectivity index (χ3n) is 5.00. The summed E-state index contributed by atoms with van der Waals surface area (Å²) in [6.07, 6.45) is 22.4. The van der Waals surface area contributed by atoms with E-state index in [0.29, 0.717) is 0 Å². The predicted molar refractivity (Wildman–Crippen MR) is 120 cm³/mol. The van der Waals surface area contributed by atoms with Gasteiger partial charge in [0.1, 0.15) is 0 Å². The van der Waals surface area contributed by atoms with Crippen LogP contribution in [-0.2, 0) is 11.2 Å². The van der Waals surface area contributed by atoms with E-state index in [2.05, 4.69) is 43.2 Å². The number of unbranched alkanes of at least 4 members (excludes halogenated alkanes) is 4. The Balaban J connectivity index is 2.35. The molecular formula is C25H40N2O. The van der Waals surface area contributed by atoms with Crippen LogP contribution in [-0.4, -0.2) is 16.9 Å². The number of carbonyl (C=O) groups excluding carboxylic acids is 1. The number of nitrogens with one attached hydrogen (secondary N) is 1. The lowest BCUT2D eigenvalue weighted by molar-refractivity contribution is -0.117. The SMILES string of the molecule is CCCCCC(=CC=CC(=O)N[C@H](C)CCCc1cccnc1)CCCCC. The number of pyridine rings is 1. The van der Waals surface area contributed by atoms with Gasteiger partial charge < -0.3 is 5.32 Å². The van der Waals surface area contributed by atoms with E-state index in [1.165, 1.54) is 49.7 Å². The van der Waals surface area contributed by atoms with Gasteiger partial charge in [-0.15, -0.1) is 0 Å². The molecule has 0 bridgehead atoms. The molecule has 1 aromatic heterocycles. The number of amides is 1. The van der Waals surface area contributed by atoms with Gasteiger partial charge in [-0.2, -0.15) is 0 Å². The Hall–Kier alpha value is -1.90. The van der Waals surface area contributed by atoms with E-state index < -0.39 is 0 Å². The van der Waals surface area contributed by atoms with Gasteiger partial charge in [0.25, 0.3) is 0 Å². The van der Waals surface area contributed by atoms with Crippen LogP contribution >= 0.6 is 0 Å². The van der Waals surface area contributed by atoms with Gasteiger partial charge in [-0.3, -0.25) is 9.78 Å².